The Balaban J connectivity index is 2.70. The highest BCUT2D eigenvalue weighted by molar-refractivity contribution is 6.73. The van der Waals surface area contributed by atoms with Gasteiger partial charge in [-0.1, -0.05) is 45.0 Å². The van der Waals surface area contributed by atoms with Crippen LogP contribution in [0.4, 0.5) is 0 Å². The Labute approximate surface area is 162 Å². The largest absolute Gasteiger partial charge is 0.546 e. The lowest BCUT2D eigenvalue weighted by atomic mass is 9.74. The molecule has 0 spiro atoms. The maximum absolute atomic E-state index is 12.1. The van der Waals surface area contributed by atoms with Crippen molar-refractivity contribution in [2.24, 2.45) is 11.8 Å². The van der Waals surface area contributed by atoms with E-state index in [-0.39, 0.29) is 0 Å². The fourth-order valence-electron chi connectivity index (χ4n) is 4.05. The first-order valence-electron chi connectivity index (χ1n) is 9.73. The molecule has 5 nitrogen and oxygen atoms in total. The highest BCUT2D eigenvalue weighted by atomic mass is 28.4. The highest BCUT2D eigenvalue weighted by Crippen LogP contribution is 2.44. The van der Waals surface area contributed by atoms with Gasteiger partial charge in [0.05, 0.1) is 17.6 Å². The number of allylic oxidation sites excluding steroid dienone is 1. The van der Waals surface area contributed by atoms with Crippen molar-refractivity contribution in [3.63, 3.8) is 0 Å². The number of aliphatic carboxylic acids is 2. The van der Waals surface area contributed by atoms with E-state index in [2.05, 4.69) is 20.8 Å². The quantitative estimate of drug-likeness (QED) is 0.615. The molecule has 6 heteroatoms. The molecule has 0 saturated heterocycles. The van der Waals surface area contributed by atoms with Gasteiger partial charge in [0.1, 0.15) is 0 Å². The van der Waals surface area contributed by atoms with Gasteiger partial charge in [-0.3, -0.25) is 9.59 Å². The summed E-state index contributed by atoms with van der Waals surface area (Å²) < 4.78 is 6.62. The lowest BCUT2D eigenvalue weighted by Crippen LogP contribution is -2.39. The predicted octanol–water partition coefficient (Wildman–Crippen LogP) is 4.92. The van der Waals surface area contributed by atoms with Crippen LogP contribution >= 0.6 is 0 Å². The first kappa shape index (κ1) is 21.2. The van der Waals surface area contributed by atoms with Crippen molar-refractivity contribution in [2.75, 3.05) is 0 Å². The molecular formula is C21H30O5Si. The normalized spacial score (nSPS) is 20.4. The molecule has 0 amide bonds. The Morgan fingerprint density at radius 2 is 1.67 bits per heavy atom. The van der Waals surface area contributed by atoms with Gasteiger partial charge in [-0.05, 0) is 42.6 Å². The van der Waals surface area contributed by atoms with Gasteiger partial charge in [0.25, 0.3) is 0 Å². The van der Waals surface area contributed by atoms with Crippen LogP contribution in [0.3, 0.4) is 0 Å². The van der Waals surface area contributed by atoms with Crippen LogP contribution in [0.25, 0.3) is 5.57 Å². The fourth-order valence-corrected chi connectivity index (χ4v) is 6.72. The first-order valence-corrected chi connectivity index (χ1v) is 12.3. The molecule has 0 aromatic heterocycles. The molecule has 0 aliphatic heterocycles. The summed E-state index contributed by atoms with van der Waals surface area (Å²) in [6, 6.07) is 10.4. The summed E-state index contributed by atoms with van der Waals surface area (Å²) in [5.41, 5.74) is 2.28. The zero-order valence-electron chi connectivity index (χ0n) is 16.6. The minimum atomic E-state index is -2.01. The average Bonchev–Trinajstić information content (AvgIpc) is 2.66. The molecule has 2 atom stereocenters. The van der Waals surface area contributed by atoms with Crippen LogP contribution in [0.1, 0.15) is 44.7 Å². The van der Waals surface area contributed by atoms with Gasteiger partial charge in [-0.2, -0.15) is 0 Å². The molecule has 0 bridgehead atoms. The maximum atomic E-state index is 12.1. The Kier molecular flexibility index (Phi) is 6.87. The van der Waals surface area contributed by atoms with Crippen molar-refractivity contribution in [1.82, 2.24) is 0 Å². The highest BCUT2D eigenvalue weighted by Gasteiger charge is 2.44. The summed E-state index contributed by atoms with van der Waals surface area (Å²) in [5, 5.41) is 19.6. The molecule has 1 aliphatic carbocycles. The standard InChI is InChI=1S/C21H30O5Si/c1-5-27(6-2,7-3)26-17-13-12-16(20(22)23)19(21(24)25)18(17)15-11-9-8-10-14(15)4/h8-11,16,19H,5-7,12-13H2,1-4H3,(H,22,23)(H,24,25)/t16-,19+/m0/s1. The van der Waals surface area contributed by atoms with Crippen LogP contribution < -0.4 is 0 Å². The maximum Gasteiger partial charge on any atom is 0.312 e. The monoisotopic (exact) mass is 390 g/mol. The minimum Gasteiger partial charge on any atom is -0.546 e. The number of carboxylic acids is 2. The van der Waals surface area contributed by atoms with Gasteiger partial charge < -0.3 is 14.6 Å². The van der Waals surface area contributed by atoms with Crippen molar-refractivity contribution in [2.45, 2.75) is 58.7 Å². The van der Waals surface area contributed by atoms with E-state index in [9.17, 15) is 19.8 Å². The topological polar surface area (TPSA) is 83.8 Å². The van der Waals surface area contributed by atoms with Crippen LogP contribution in [0.2, 0.25) is 18.1 Å². The Morgan fingerprint density at radius 1 is 1.07 bits per heavy atom. The van der Waals surface area contributed by atoms with Crippen LogP contribution in [0.15, 0.2) is 30.0 Å². The third-order valence-corrected chi connectivity index (χ3v) is 10.5. The second kappa shape index (κ2) is 8.74. The van der Waals surface area contributed by atoms with Crippen LogP contribution in [-0.2, 0) is 14.0 Å². The van der Waals surface area contributed by atoms with Gasteiger partial charge in [-0.25, -0.2) is 0 Å². The van der Waals surface area contributed by atoms with Crippen molar-refractivity contribution in [1.29, 1.82) is 0 Å². The van der Waals surface area contributed by atoms with Gasteiger partial charge >= 0.3 is 11.9 Å². The molecule has 0 fully saturated rings. The Morgan fingerprint density at radius 3 is 2.15 bits per heavy atom. The van der Waals surface area contributed by atoms with E-state index in [0.717, 1.165) is 29.3 Å². The molecule has 148 valence electrons. The van der Waals surface area contributed by atoms with Crippen molar-refractivity contribution in [3.8, 4) is 0 Å². The van der Waals surface area contributed by atoms with Crippen molar-refractivity contribution < 1.29 is 24.2 Å². The molecule has 27 heavy (non-hydrogen) atoms. The number of hydrogen-bond donors (Lipinski definition) is 2. The summed E-state index contributed by atoms with van der Waals surface area (Å²) in [6.07, 6.45) is 0.762. The van der Waals surface area contributed by atoms with Crippen molar-refractivity contribution >= 4 is 25.8 Å². The zero-order valence-corrected chi connectivity index (χ0v) is 17.6. The number of benzene rings is 1. The summed E-state index contributed by atoms with van der Waals surface area (Å²) in [5.74, 6) is -3.49. The third kappa shape index (κ3) is 4.26. The fraction of sp³-hybridized carbons (Fsp3) is 0.524. The van der Waals surface area contributed by atoms with E-state index in [1.54, 1.807) is 0 Å². The minimum absolute atomic E-state index is 0.290. The summed E-state index contributed by atoms with van der Waals surface area (Å²) in [6.45, 7) is 8.31. The van der Waals surface area contributed by atoms with Crippen LogP contribution in [0, 0.1) is 18.8 Å². The Hall–Kier alpha value is -2.08. The first-order chi connectivity index (χ1) is 12.8. The molecule has 2 N–H and O–H groups in total. The van der Waals surface area contributed by atoms with Gasteiger partial charge in [0.15, 0.2) is 0 Å². The van der Waals surface area contributed by atoms with Crippen LogP contribution in [0.5, 0.6) is 0 Å². The second-order valence-corrected chi connectivity index (χ2v) is 12.0. The predicted molar refractivity (Wildman–Crippen MR) is 108 cm³/mol. The van der Waals surface area contributed by atoms with Gasteiger partial charge in [0.2, 0.25) is 8.32 Å². The molecule has 0 unspecified atom stereocenters. The number of carboxylic acid groups (broad SMARTS) is 2. The summed E-state index contributed by atoms with van der Waals surface area (Å²) >= 11 is 0. The molecule has 2 rings (SSSR count). The van der Waals surface area contributed by atoms with E-state index >= 15 is 0 Å². The second-order valence-electron chi connectivity index (χ2n) is 7.30. The summed E-state index contributed by atoms with van der Waals surface area (Å²) in [4.78, 5) is 23.9. The van der Waals surface area contributed by atoms with Crippen LogP contribution in [-0.4, -0.2) is 30.5 Å². The molecular weight excluding hydrogens is 360 g/mol. The molecule has 1 aromatic rings. The molecule has 0 saturated carbocycles. The van der Waals surface area contributed by atoms with Gasteiger partial charge in [0, 0.05) is 12.0 Å². The zero-order chi connectivity index (χ0) is 20.2. The van der Waals surface area contributed by atoms with E-state index < -0.39 is 32.1 Å². The number of aryl methyl sites for hydroxylation is 1. The van der Waals surface area contributed by atoms with Crippen molar-refractivity contribution in [3.05, 3.63) is 41.2 Å². The van der Waals surface area contributed by atoms with E-state index in [1.165, 1.54) is 0 Å². The molecule has 1 aromatic carbocycles. The Bertz CT molecular complexity index is 728. The molecule has 0 radical (unpaired) electrons. The molecule has 1 aliphatic rings. The number of carbonyl (C=O) groups is 2. The summed E-state index contributed by atoms with van der Waals surface area (Å²) in [7, 11) is -2.01. The third-order valence-electron chi connectivity index (χ3n) is 5.99. The van der Waals surface area contributed by atoms with E-state index in [4.69, 9.17) is 4.43 Å². The number of rotatable bonds is 8. The smallest absolute Gasteiger partial charge is 0.312 e. The molecule has 0 heterocycles. The van der Waals surface area contributed by atoms with E-state index in [1.807, 2.05) is 31.2 Å². The number of hydrogen-bond acceptors (Lipinski definition) is 3. The average molecular weight is 391 g/mol. The van der Waals surface area contributed by atoms with E-state index in [0.29, 0.717) is 24.2 Å². The lowest BCUT2D eigenvalue weighted by molar-refractivity contribution is -0.152. The SMILES string of the molecule is CC[Si](CC)(CC)OC1=C(c2ccccc2C)[C@H](C(=O)O)[C@@H](C(=O)O)CC1. The van der Waals surface area contributed by atoms with Gasteiger partial charge in [-0.15, -0.1) is 0 Å². The lowest BCUT2D eigenvalue weighted by Gasteiger charge is -2.37.